The van der Waals surface area contributed by atoms with Gasteiger partial charge in [0.1, 0.15) is 16.7 Å². The molecule has 4 rings (SSSR count). The van der Waals surface area contributed by atoms with E-state index in [2.05, 4.69) is 10.1 Å². The number of ether oxygens (including phenoxy) is 1. The molecular formula is C22H19ClFN3O2. The average Bonchev–Trinajstić information content (AvgIpc) is 3.14. The van der Waals surface area contributed by atoms with Crippen molar-refractivity contribution in [1.29, 1.82) is 0 Å². The molecule has 0 saturated carbocycles. The van der Waals surface area contributed by atoms with Crippen LogP contribution in [0.25, 0.3) is 10.9 Å². The number of benzene rings is 2. The van der Waals surface area contributed by atoms with Gasteiger partial charge in [-0.2, -0.15) is 5.10 Å². The van der Waals surface area contributed by atoms with Gasteiger partial charge in [-0.05, 0) is 48.9 Å². The molecule has 2 heterocycles. The number of amides is 1. The molecule has 5 nitrogen and oxygen atoms in total. The van der Waals surface area contributed by atoms with Crippen molar-refractivity contribution >= 4 is 34.1 Å². The molecule has 7 heteroatoms. The highest BCUT2D eigenvalue weighted by molar-refractivity contribution is 6.30. The SMILES string of the molecule is CCOc1ccc2nc(Cl)c(C3CC(c4ccc(F)cc4)=NN3C(C)=O)cc2c1. The van der Waals surface area contributed by atoms with Crippen molar-refractivity contribution in [3.05, 3.63) is 70.6 Å². The smallest absolute Gasteiger partial charge is 0.240 e. The number of halogens is 2. The predicted octanol–water partition coefficient (Wildman–Crippen LogP) is 5.12. The Morgan fingerprint density at radius 1 is 1.24 bits per heavy atom. The minimum atomic E-state index is -0.382. The molecule has 0 radical (unpaired) electrons. The van der Waals surface area contributed by atoms with E-state index in [1.807, 2.05) is 31.2 Å². The summed E-state index contributed by atoms with van der Waals surface area (Å²) in [6, 6.07) is 13.2. The van der Waals surface area contributed by atoms with Gasteiger partial charge in [-0.25, -0.2) is 14.4 Å². The average molecular weight is 412 g/mol. The van der Waals surface area contributed by atoms with Crippen LogP contribution in [-0.4, -0.2) is 28.2 Å². The highest BCUT2D eigenvalue weighted by atomic mass is 35.5. The molecule has 2 aromatic carbocycles. The van der Waals surface area contributed by atoms with Crippen molar-refractivity contribution < 1.29 is 13.9 Å². The first kappa shape index (κ1) is 19.3. The van der Waals surface area contributed by atoms with E-state index in [-0.39, 0.29) is 17.8 Å². The summed E-state index contributed by atoms with van der Waals surface area (Å²) in [4.78, 5) is 16.7. The molecule has 0 fully saturated rings. The number of hydrogen-bond donors (Lipinski definition) is 0. The van der Waals surface area contributed by atoms with Crippen LogP contribution in [0.5, 0.6) is 5.75 Å². The van der Waals surface area contributed by atoms with Gasteiger partial charge in [-0.15, -0.1) is 0 Å². The lowest BCUT2D eigenvalue weighted by Crippen LogP contribution is -2.24. The van der Waals surface area contributed by atoms with Crippen LogP contribution < -0.4 is 4.74 Å². The zero-order chi connectivity index (χ0) is 20.5. The van der Waals surface area contributed by atoms with Gasteiger partial charge in [-0.3, -0.25) is 4.79 Å². The Balaban J connectivity index is 1.74. The van der Waals surface area contributed by atoms with Gasteiger partial charge in [0.15, 0.2) is 0 Å². The minimum Gasteiger partial charge on any atom is -0.494 e. The quantitative estimate of drug-likeness (QED) is 0.559. The van der Waals surface area contributed by atoms with Crippen LogP contribution in [0.3, 0.4) is 0 Å². The summed E-state index contributed by atoms with van der Waals surface area (Å²) in [6.07, 6.45) is 0.462. The molecule has 0 spiro atoms. The van der Waals surface area contributed by atoms with Crippen molar-refractivity contribution in [2.75, 3.05) is 6.61 Å². The number of aromatic nitrogens is 1. The number of rotatable bonds is 4. The standard InChI is InChI=1S/C22H19ClFN3O2/c1-3-29-17-8-9-19-15(10-17)11-18(22(23)25-19)21-12-20(26-27(21)13(2)28)14-4-6-16(24)7-5-14/h4-11,21H,3,12H2,1-2H3. The zero-order valence-electron chi connectivity index (χ0n) is 16.0. The molecule has 1 atom stereocenters. The van der Waals surface area contributed by atoms with Crippen LogP contribution in [0, 0.1) is 5.82 Å². The predicted molar refractivity (Wildman–Crippen MR) is 111 cm³/mol. The summed E-state index contributed by atoms with van der Waals surface area (Å²) in [7, 11) is 0. The zero-order valence-corrected chi connectivity index (χ0v) is 16.8. The molecule has 0 saturated heterocycles. The molecule has 0 bridgehead atoms. The maximum atomic E-state index is 13.3. The Hall–Kier alpha value is -2.99. The van der Waals surface area contributed by atoms with Gasteiger partial charge in [-0.1, -0.05) is 23.7 Å². The van der Waals surface area contributed by atoms with E-state index in [4.69, 9.17) is 16.3 Å². The molecule has 148 valence electrons. The molecule has 1 aromatic heterocycles. The Morgan fingerprint density at radius 3 is 2.69 bits per heavy atom. The fraction of sp³-hybridized carbons (Fsp3) is 0.227. The maximum absolute atomic E-state index is 13.3. The minimum absolute atomic E-state index is 0.202. The number of carbonyl (C=O) groups excluding carboxylic acids is 1. The normalized spacial score (nSPS) is 16.2. The monoisotopic (exact) mass is 411 g/mol. The fourth-order valence-electron chi connectivity index (χ4n) is 3.50. The summed E-state index contributed by atoms with van der Waals surface area (Å²) in [6.45, 7) is 3.95. The summed E-state index contributed by atoms with van der Waals surface area (Å²) in [5, 5.41) is 7.09. The highest BCUT2D eigenvalue weighted by Crippen LogP contribution is 2.37. The summed E-state index contributed by atoms with van der Waals surface area (Å²) >= 11 is 6.49. The maximum Gasteiger partial charge on any atom is 0.240 e. The lowest BCUT2D eigenvalue weighted by Gasteiger charge is -2.21. The number of carbonyl (C=O) groups is 1. The molecular weight excluding hydrogens is 393 g/mol. The van der Waals surface area contributed by atoms with E-state index < -0.39 is 0 Å². The first-order valence-electron chi connectivity index (χ1n) is 9.32. The molecule has 1 aliphatic rings. The van der Waals surface area contributed by atoms with E-state index >= 15 is 0 Å². The topological polar surface area (TPSA) is 54.8 Å². The van der Waals surface area contributed by atoms with Crippen LogP contribution in [0.2, 0.25) is 5.15 Å². The largest absolute Gasteiger partial charge is 0.494 e. The van der Waals surface area contributed by atoms with Crippen LogP contribution in [0.15, 0.2) is 53.6 Å². The third kappa shape index (κ3) is 3.80. The van der Waals surface area contributed by atoms with Gasteiger partial charge in [0.2, 0.25) is 5.91 Å². The van der Waals surface area contributed by atoms with Crippen molar-refractivity contribution in [2.45, 2.75) is 26.3 Å². The lowest BCUT2D eigenvalue weighted by molar-refractivity contribution is -0.130. The van der Waals surface area contributed by atoms with E-state index in [0.717, 1.165) is 22.2 Å². The Kier molecular flexibility index (Phi) is 5.20. The van der Waals surface area contributed by atoms with Crippen LogP contribution >= 0.6 is 11.6 Å². The first-order valence-corrected chi connectivity index (χ1v) is 9.70. The van der Waals surface area contributed by atoms with Crippen molar-refractivity contribution in [3.63, 3.8) is 0 Å². The summed E-state index contributed by atoms with van der Waals surface area (Å²) in [5.41, 5.74) is 2.92. The molecule has 0 N–H and O–H groups in total. The van der Waals surface area contributed by atoms with Crippen molar-refractivity contribution in [2.24, 2.45) is 5.10 Å². The summed E-state index contributed by atoms with van der Waals surface area (Å²) in [5.74, 6) is 0.221. The van der Waals surface area contributed by atoms with Crippen LogP contribution in [0.4, 0.5) is 4.39 Å². The molecule has 0 aliphatic carbocycles. The second kappa shape index (κ2) is 7.79. The number of pyridine rings is 1. The van der Waals surface area contributed by atoms with Gasteiger partial charge in [0.05, 0.1) is 23.9 Å². The highest BCUT2D eigenvalue weighted by Gasteiger charge is 2.33. The fourth-order valence-corrected chi connectivity index (χ4v) is 3.77. The van der Waals surface area contributed by atoms with Gasteiger partial charge in [0.25, 0.3) is 0 Å². The Bertz CT molecular complexity index is 1110. The van der Waals surface area contributed by atoms with E-state index in [1.165, 1.54) is 24.1 Å². The summed E-state index contributed by atoms with van der Waals surface area (Å²) < 4.78 is 18.8. The van der Waals surface area contributed by atoms with Crippen LogP contribution in [-0.2, 0) is 4.79 Å². The number of hydrazone groups is 1. The number of hydrogen-bond acceptors (Lipinski definition) is 4. The third-order valence-electron chi connectivity index (χ3n) is 4.85. The third-order valence-corrected chi connectivity index (χ3v) is 5.15. The van der Waals surface area contributed by atoms with Gasteiger partial charge in [0, 0.05) is 24.3 Å². The molecule has 29 heavy (non-hydrogen) atoms. The molecule has 1 aliphatic heterocycles. The molecule has 3 aromatic rings. The van der Waals surface area contributed by atoms with Gasteiger partial charge >= 0.3 is 0 Å². The Labute approximate surface area is 172 Å². The van der Waals surface area contributed by atoms with Crippen molar-refractivity contribution in [1.82, 2.24) is 9.99 Å². The second-order valence-electron chi connectivity index (χ2n) is 6.79. The number of fused-ring (bicyclic) bond motifs is 1. The van der Waals surface area contributed by atoms with Crippen LogP contribution in [0.1, 0.15) is 37.4 Å². The van der Waals surface area contributed by atoms with E-state index in [9.17, 15) is 9.18 Å². The lowest BCUT2D eigenvalue weighted by atomic mass is 9.98. The van der Waals surface area contributed by atoms with E-state index in [0.29, 0.717) is 29.5 Å². The first-order chi connectivity index (χ1) is 14.0. The van der Waals surface area contributed by atoms with E-state index in [1.54, 1.807) is 12.1 Å². The van der Waals surface area contributed by atoms with Gasteiger partial charge < -0.3 is 4.74 Å². The second-order valence-corrected chi connectivity index (χ2v) is 7.15. The number of nitrogens with zero attached hydrogens (tertiary/aromatic N) is 3. The molecule has 1 unspecified atom stereocenters. The van der Waals surface area contributed by atoms with Crippen molar-refractivity contribution in [3.8, 4) is 5.75 Å². The Morgan fingerprint density at radius 2 is 2.00 bits per heavy atom. The molecule has 1 amide bonds.